The summed E-state index contributed by atoms with van der Waals surface area (Å²) in [6.07, 6.45) is 3.64. The van der Waals surface area contributed by atoms with Crippen molar-refractivity contribution in [3.63, 3.8) is 0 Å². The molecule has 202 valence electrons. The largest absolute Gasteiger partial charge is 0.495 e. The maximum absolute atomic E-state index is 12.5. The van der Waals surface area contributed by atoms with Gasteiger partial charge in [0.15, 0.2) is 0 Å². The van der Waals surface area contributed by atoms with Gasteiger partial charge < -0.3 is 20.7 Å². The van der Waals surface area contributed by atoms with Crippen molar-refractivity contribution in [3.05, 3.63) is 70.9 Å². The minimum atomic E-state index is -3.44. The molecule has 0 aliphatic heterocycles. The van der Waals surface area contributed by atoms with E-state index in [1.165, 1.54) is 17.7 Å². The van der Waals surface area contributed by atoms with Crippen LogP contribution in [-0.4, -0.2) is 62.1 Å². The average Bonchev–Trinajstić information content (AvgIpc) is 3.24. The van der Waals surface area contributed by atoms with Crippen molar-refractivity contribution in [2.45, 2.75) is 38.3 Å². The molecule has 4 rings (SSSR count). The second-order valence-electron chi connectivity index (χ2n) is 9.65. The van der Waals surface area contributed by atoms with E-state index in [9.17, 15) is 13.2 Å². The zero-order valence-electron chi connectivity index (χ0n) is 22.4. The fraction of sp³-hybridized carbons (Fsp3) is 0.370. The van der Waals surface area contributed by atoms with Crippen LogP contribution in [-0.2, 0) is 16.4 Å². The second kappa shape index (κ2) is 11.0. The number of carbonyl (C=O) groups excluding carboxylic acids is 1. The molecular formula is C27H34N6O4S. The van der Waals surface area contributed by atoms with Crippen LogP contribution in [0.5, 0.6) is 5.75 Å². The van der Waals surface area contributed by atoms with Crippen LogP contribution in [0, 0.1) is 0 Å². The Bertz CT molecular complexity index is 1440. The number of ether oxygens (including phenoxy) is 1. The summed E-state index contributed by atoms with van der Waals surface area (Å²) >= 11 is 0. The molecule has 1 heterocycles. The van der Waals surface area contributed by atoms with Crippen molar-refractivity contribution in [1.29, 1.82) is 0 Å². The molecule has 2 aromatic carbocycles. The number of hydrogen-bond acceptors (Lipinski definition) is 8. The number of rotatable bonds is 9. The number of carbonyl (C=O) groups is 1. The molecule has 2 unspecified atom stereocenters. The van der Waals surface area contributed by atoms with E-state index < -0.39 is 10.0 Å². The normalized spacial score (nSPS) is 16.8. The fourth-order valence-corrected chi connectivity index (χ4v) is 5.40. The SMILES string of the molecule is CNC(=O)c1ccc(Nc2ncc(C(C)C)c(NC3Cc4ccccc4C3N(C)S(C)(=O)=O)n2)c(OC)c1. The minimum absolute atomic E-state index is 0.128. The van der Waals surface area contributed by atoms with Gasteiger partial charge in [-0.2, -0.15) is 9.29 Å². The smallest absolute Gasteiger partial charge is 0.251 e. The van der Waals surface area contributed by atoms with Gasteiger partial charge in [-0.3, -0.25) is 4.79 Å². The molecule has 0 fully saturated rings. The first-order valence-corrected chi connectivity index (χ1v) is 14.2. The first-order chi connectivity index (χ1) is 18.0. The summed E-state index contributed by atoms with van der Waals surface area (Å²) in [6, 6.07) is 12.4. The number of fused-ring (bicyclic) bond motifs is 1. The molecule has 0 spiro atoms. The van der Waals surface area contributed by atoms with Crippen LogP contribution in [0.2, 0.25) is 0 Å². The van der Waals surface area contributed by atoms with E-state index >= 15 is 0 Å². The summed E-state index contributed by atoms with van der Waals surface area (Å²) in [4.78, 5) is 21.3. The van der Waals surface area contributed by atoms with Gasteiger partial charge in [-0.25, -0.2) is 13.4 Å². The third kappa shape index (κ3) is 5.58. The van der Waals surface area contributed by atoms with E-state index in [0.29, 0.717) is 35.2 Å². The molecule has 0 saturated heterocycles. The summed E-state index contributed by atoms with van der Waals surface area (Å²) in [6.45, 7) is 4.11. The lowest BCUT2D eigenvalue weighted by molar-refractivity contribution is 0.0962. The van der Waals surface area contributed by atoms with Gasteiger partial charge in [0.1, 0.15) is 11.6 Å². The fourth-order valence-electron chi connectivity index (χ4n) is 4.73. The highest BCUT2D eigenvalue weighted by molar-refractivity contribution is 7.88. The summed E-state index contributed by atoms with van der Waals surface area (Å²) in [5, 5.41) is 9.33. The molecule has 1 aliphatic rings. The zero-order valence-corrected chi connectivity index (χ0v) is 23.3. The number of aromatic nitrogens is 2. The van der Waals surface area contributed by atoms with E-state index in [1.807, 2.05) is 24.3 Å². The number of likely N-dealkylation sites (N-methyl/N-ethyl adjacent to an activating group) is 1. The molecule has 1 aromatic heterocycles. The van der Waals surface area contributed by atoms with E-state index in [4.69, 9.17) is 9.72 Å². The number of methoxy groups -OCH3 is 1. The number of nitrogens with one attached hydrogen (secondary N) is 3. The van der Waals surface area contributed by atoms with Gasteiger partial charge in [-0.15, -0.1) is 0 Å². The number of hydrogen-bond donors (Lipinski definition) is 3. The van der Waals surface area contributed by atoms with Crippen LogP contribution >= 0.6 is 0 Å². The standard InChI is InChI=1S/C27H34N6O4S/c1-16(2)20-15-29-27(31-21-12-11-18(26(34)28-3)14-23(21)37-5)32-25(20)30-22-13-17-9-7-8-10-19(17)24(22)33(4)38(6,35)36/h7-12,14-16,22,24H,13H2,1-6H3,(H,28,34)(H2,29,30,31,32). The average molecular weight is 539 g/mol. The van der Waals surface area contributed by atoms with Crippen molar-refractivity contribution in [1.82, 2.24) is 19.6 Å². The Labute approximate surface area is 223 Å². The number of nitrogens with zero attached hydrogens (tertiary/aromatic N) is 3. The summed E-state index contributed by atoms with van der Waals surface area (Å²) in [5.74, 6) is 1.35. The van der Waals surface area contributed by atoms with E-state index in [1.54, 1.807) is 38.5 Å². The van der Waals surface area contributed by atoms with E-state index in [0.717, 1.165) is 16.7 Å². The van der Waals surface area contributed by atoms with Gasteiger partial charge in [0.05, 0.1) is 31.1 Å². The van der Waals surface area contributed by atoms with Crippen molar-refractivity contribution in [2.24, 2.45) is 0 Å². The predicted molar refractivity (Wildman–Crippen MR) is 149 cm³/mol. The minimum Gasteiger partial charge on any atom is -0.495 e. The first kappa shape index (κ1) is 27.3. The second-order valence-corrected chi connectivity index (χ2v) is 11.7. The van der Waals surface area contributed by atoms with Gasteiger partial charge in [-0.05, 0) is 41.7 Å². The third-order valence-electron chi connectivity index (χ3n) is 6.81. The Morgan fingerprint density at radius 2 is 1.92 bits per heavy atom. The Balaban J connectivity index is 1.68. The van der Waals surface area contributed by atoms with Crippen molar-refractivity contribution in [2.75, 3.05) is 38.1 Å². The Morgan fingerprint density at radius 1 is 1.18 bits per heavy atom. The molecule has 10 nitrogen and oxygen atoms in total. The van der Waals surface area contributed by atoms with Crippen LogP contribution in [0.4, 0.5) is 17.5 Å². The molecule has 0 bridgehead atoms. The maximum Gasteiger partial charge on any atom is 0.251 e. The van der Waals surface area contributed by atoms with Gasteiger partial charge in [-0.1, -0.05) is 38.1 Å². The number of benzene rings is 2. The van der Waals surface area contributed by atoms with Crippen LogP contribution in [0.1, 0.15) is 52.9 Å². The zero-order chi connectivity index (χ0) is 27.6. The molecule has 3 N–H and O–H groups in total. The molecule has 11 heteroatoms. The van der Waals surface area contributed by atoms with Gasteiger partial charge in [0.2, 0.25) is 16.0 Å². The van der Waals surface area contributed by atoms with Crippen LogP contribution in [0.15, 0.2) is 48.7 Å². The summed E-state index contributed by atoms with van der Waals surface area (Å²) in [5.41, 5.74) is 4.07. The van der Waals surface area contributed by atoms with Crippen LogP contribution < -0.4 is 20.7 Å². The quantitative estimate of drug-likeness (QED) is 0.377. The molecule has 1 amide bonds. The number of sulfonamides is 1. The molecule has 0 radical (unpaired) electrons. The molecule has 3 aromatic rings. The molecule has 1 aliphatic carbocycles. The highest BCUT2D eigenvalue weighted by atomic mass is 32.2. The summed E-state index contributed by atoms with van der Waals surface area (Å²) in [7, 11) is 1.27. The lowest BCUT2D eigenvalue weighted by Gasteiger charge is -2.30. The van der Waals surface area contributed by atoms with Gasteiger partial charge in [0, 0.05) is 31.4 Å². The Hall–Kier alpha value is -3.70. The van der Waals surface area contributed by atoms with Gasteiger partial charge in [0.25, 0.3) is 5.91 Å². The monoisotopic (exact) mass is 538 g/mol. The summed E-state index contributed by atoms with van der Waals surface area (Å²) < 4.78 is 32.0. The molecule has 2 atom stereocenters. The van der Waals surface area contributed by atoms with Crippen molar-refractivity contribution in [3.8, 4) is 5.75 Å². The van der Waals surface area contributed by atoms with E-state index in [-0.39, 0.29) is 23.9 Å². The van der Waals surface area contributed by atoms with Crippen LogP contribution in [0.25, 0.3) is 0 Å². The lowest BCUT2D eigenvalue weighted by Crippen LogP contribution is -2.39. The topological polar surface area (TPSA) is 126 Å². The third-order valence-corrected chi connectivity index (χ3v) is 8.08. The molecular weight excluding hydrogens is 504 g/mol. The maximum atomic E-state index is 12.5. The predicted octanol–water partition coefficient (Wildman–Crippen LogP) is 3.68. The Kier molecular flexibility index (Phi) is 7.89. The number of amides is 1. The van der Waals surface area contributed by atoms with Crippen molar-refractivity contribution >= 4 is 33.4 Å². The molecule has 0 saturated carbocycles. The highest BCUT2D eigenvalue weighted by Crippen LogP contribution is 2.39. The van der Waals surface area contributed by atoms with Gasteiger partial charge >= 0.3 is 0 Å². The first-order valence-electron chi connectivity index (χ1n) is 12.3. The van der Waals surface area contributed by atoms with Crippen molar-refractivity contribution < 1.29 is 17.9 Å². The number of anilines is 3. The highest BCUT2D eigenvalue weighted by Gasteiger charge is 2.39. The lowest BCUT2D eigenvalue weighted by atomic mass is 10.0. The van der Waals surface area contributed by atoms with E-state index in [2.05, 4.69) is 34.8 Å². The molecule has 38 heavy (non-hydrogen) atoms. The van der Waals surface area contributed by atoms with Crippen LogP contribution in [0.3, 0.4) is 0 Å². The Morgan fingerprint density at radius 3 is 2.58 bits per heavy atom.